The predicted molar refractivity (Wildman–Crippen MR) is 223 cm³/mol. The molecule has 7 N–H and O–H groups in total. The second kappa shape index (κ2) is 33.7. The number of nitrogens with zero attached hydrogens (tertiary/aromatic N) is 3. The number of carbonyl (C=O) groups excluding carboxylic acids is 6. The van der Waals surface area contributed by atoms with Gasteiger partial charge in [-0.3, -0.25) is 52.3 Å². The molecule has 1 rings (SSSR count). The second-order valence-corrected chi connectivity index (χ2v) is 15.3. The third-order valence-corrected chi connectivity index (χ3v) is 9.50. The lowest BCUT2D eigenvalue weighted by molar-refractivity contribution is -0.143. The van der Waals surface area contributed by atoms with Gasteiger partial charge >= 0.3 is 23.9 Å². The number of carboxylic acid groups (broad SMARTS) is 4. The van der Waals surface area contributed by atoms with Gasteiger partial charge in [0.05, 0.1) is 102 Å². The van der Waals surface area contributed by atoms with Crippen molar-refractivity contribution in [3.8, 4) is 0 Å². The largest absolute Gasteiger partial charge is 0.481 e. The highest BCUT2D eigenvalue weighted by Gasteiger charge is 2.34. The summed E-state index contributed by atoms with van der Waals surface area (Å²) < 4.78 is 34.8. The zero-order chi connectivity index (χ0) is 49.4. The third kappa shape index (κ3) is 27.5. The predicted octanol–water partition coefficient (Wildman–Crippen LogP) is -0.223. The molecule has 1 aromatic rings. The van der Waals surface area contributed by atoms with E-state index in [-0.39, 0.29) is 85.1 Å². The summed E-state index contributed by atoms with van der Waals surface area (Å²) in [5, 5.41) is 51.7. The van der Waals surface area contributed by atoms with E-state index in [1.807, 2.05) is 0 Å². The van der Waals surface area contributed by atoms with Crippen LogP contribution in [0.5, 0.6) is 0 Å². The number of ether oxygens (including phenoxy) is 4. The molecule has 3 amide bonds. The zero-order valence-electron chi connectivity index (χ0n) is 37.2. The summed E-state index contributed by atoms with van der Waals surface area (Å²) in [6.45, 7) is 3.95. The average Bonchev–Trinajstić information content (AvgIpc) is 3.69. The van der Waals surface area contributed by atoms with Gasteiger partial charge < -0.3 is 55.3 Å². The molecule has 0 unspecified atom stereocenters. The van der Waals surface area contributed by atoms with Crippen molar-refractivity contribution in [3.05, 3.63) is 11.9 Å². The fraction of sp³-hybridized carbons (Fsp3) is 0.707. The molecule has 0 saturated carbocycles. The number of aryl methyl sites for hydroxylation is 1. The molecule has 66 heavy (non-hydrogen) atoms. The van der Waals surface area contributed by atoms with Gasteiger partial charge in [-0.2, -0.15) is 0 Å². The summed E-state index contributed by atoms with van der Waals surface area (Å²) in [6.07, 6.45) is -3.08. The van der Waals surface area contributed by atoms with Gasteiger partial charge in [-0.1, -0.05) is 19.1 Å². The Morgan fingerprint density at radius 3 is 1.79 bits per heavy atom. The summed E-state index contributed by atoms with van der Waals surface area (Å²) in [5.74, 6) is -13.3. The molecule has 0 aliphatic carbocycles. The number of carboxylic acids is 4. The number of aromatic nitrogens is 3. The van der Waals surface area contributed by atoms with Crippen molar-refractivity contribution < 1.29 is 91.7 Å². The van der Waals surface area contributed by atoms with Gasteiger partial charge in [0.2, 0.25) is 17.7 Å². The van der Waals surface area contributed by atoms with Gasteiger partial charge in [-0.25, -0.2) is 4.68 Å². The Morgan fingerprint density at radius 1 is 0.652 bits per heavy atom. The normalized spacial score (nSPS) is 13.0. The van der Waals surface area contributed by atoms with Crippen LogP contribution in [0.25, 0.3) is 0 Å². The lowest BCUT2D eigenvalue weighted by Crippen LogP contribution is -2.49. The number of aliphatic carboxylic acids is 4. The molecule has 0 aliphatic heterocycles. The van der Waals surface area contributed by atoms with E-state index < -0.39 is 147 Å². The summed E-state index contributed by atoms with van der Waals surface area (Å²) in [6, 6.07) is -3.15. The molecule has 1 heterocycles. The van der Waals surface area contributed by atoms with Gasteiger partial charge in [-0.15, -0.1) is 5.10 Å². The fourth-order valence-corrected chi connectivity index (χ4v) is 6.01. The SMILES string of the molecule is CC(C)[C@H](CC(=O)[C@H](CCC(=O)O)NC(=O)[C@H](CC(=O)O)CC(=O)Cn1cc(CCCF)nn1)C(=O)N[C@@H](CC(=O)O)C(=O)CCC(=O)NCCOCCOCCOCCOCCC(=O)O. The number of amides is 3. The Morgan fingerprint density at radius 2 is 1.23 bits per heavy atom. The standard InChI is InChI=1S/C41H63FN6O18/c1-26(2)30(22-34(51)31(5-8-36(53)54)44-40(61)27(21-38(57)58)20-29(49)25-48-24-28(46-47-48)4-3-10-42)41(62)45-32(23-39(59)60)33(50)6-7-35(52)43-11-13-64-15-17-66-19-18-65-16-14-63-12-9-37(55)56/h24,26-27,30-32H,3-23,25H2,1-2H3,(H,43,52)(H,44,61)(H,45,62)(H,53,54)(H,55,56)(H,57,58)(H,59,60)/t27-,30-,31-,32-/m0/s1. The zero-order valence-corrected chi connectivity index (χ0v) is 37.2. The summed E-state index contributed by atoms with van der Waals surface area (Å²) in [7, 11) is 0. The summed E-state index contributed by atoms with van der Waals surface area (Å²) >= 11 is 0. The van der Waals surface area contributed by atoms with E-state index in [0.29, 0.717) is 5.69 Å². The molecule has 0 aliphatic rings. The van der Waals surface area contributed by atoms with Crippen LogP contribution in [-0.4, -0.2) is 173 Å². The van der Waals surface area contributed by atoms with Crippen LogP contribution in [0.15, 0.2) is 6.20 Å². The summed E-state index contributed by atoms with van der Waals surface area (Å²) in [4.78, 5) is 124. The molecule has 0 fully saturated rings. The van der Waals surface area contributed by atoms with Gasteiger partial charge in [0, 0.05) is 50.8 Å². The lowest BCUT2D eigenvalue weighted by Gasteiger charge is -2.26. The maximum atomic E-state index is 13.7. The molecule has 0 aromatic carbocycles. The molecule has 0 saturated heterocycles. The highest BCUT2D eigenvalue weighted by Crippen LogP contribution is 2.20. The van der Waals surface area contributed by atoms with Crippen LogP contribution in [0.3, 0.4) is 0 Å². The minimum absolute atomic E-state index is 0.0820. The number of alkyl halides is 1. The van der Waals surface area contributed by atoms with Crippen LogP contribution >= 0.6 is 0 Å². The van der Waals surface area contributed by atoms with Crippen molar-refractivity contribution in [2.24, 2.45) is 17.8 Å². The monoisotopic (exact) mass is 946 g/mol. The van der Waals surface area contributed by atoms with Crippen LogP contribution in [0, 0.1) is 17.8 Å². The van der Waals surface area contributed by atoms with Crippen molar-refractivity contribution in [2.75, 3.05) is 66.1 Å². The fourth-order valence-electron chi connectivity index (χ4n) is 6.01. The Hall–Kier alpha value is -5.79. The van der Waals surface area contributed by atoms with Gasteiger partial charge in [0.1, 0.15) is 6.54 Å². The van der Waals surface area contributed by atoms with E-state index >= 15 is 0 Å². The third-order valence-electron chi connectivity index (χ3n) is 9.50. The Bertz CT molecular complexity index is 1740. The Balaban J connectivity index is 2.76. The Labute approximate surface area is 380 Å². The number of hydrogen-bond acceptors (Lipinski definition) is 16. The van der Waals surface area contributed by atoms with E-state index in [9.17, 15) is 67.7 Å². The van der Waals surface area contributed by atoms with E-state index in [1.165, 1.54) is 6.20 Å². The first kappa shape index (κ1) is 58.2. The molecule has 1 aromatic heterocycles. The van der Waals surface area contributed by atoms with Crippen LogP contribution in [0.2, 0.25) is 0 Å². The van der Waals surface area contributed by atoms with Gasteiger partial charge in [0.15, 0.2) is 17.3 Å². The van der Waals surface area contributed by atoms with Crippen molar-refractivity contribution in [2.45, 2.75) is 103 Å². The van der Waals surface area contributed by atoms with Crippen molar-refractivity contribution >= 4 is 58.9 Å². The van der Waals surface area contributed by atoms with Crippen LogP contribution in [0.1, 0.15) is 83.7 Å². The minimum Gasteiger partial charge on any atom is -0.481 e. The lowest BCUT2D eigenvalue weighted by atomic mass is 9.86. The number of nitrogens with one attached hydrogen (secondary N) is 3. The number of carbonyl (C=O) groups is 10. The smallest absolute Gasteiger partial charge is 0.305 e. The van der Waals surface area contributed by atoms with Crippen molar-refractivity contribution in [3.63, 3.8) is 0 Å². The topological polar surface area (TPSA) is 355 Å². The molecular weight excluding hydrogens is 883 g/mol. The number of halogens is 1. The van der Waals surface area contributed by atoms with E-state index in [1.54, 1.807) is 13.8 Å². The van der Waals surface area contributed by atoms with Crippen LogP contribution in [0.4, 0.5) is 4.39 Å². The van der Waals surface area contributed by atoms with Crippen LogP contribution < -0.4 is 16.0 Å². The molecule has 0 spiro atoms. The highest BCUT2D eigenvalue weighted by molar-refractivity contribution is 5.97. The average molecular weight is 947 g/mol. The van der Waals surface area contributed by atoms with Gasteiger partial charge in [-0.05, 0) is 25.2 Å². The second-order valence-electron chi connectivity index (χ2n) is 15.3. The number of rotatable bonds is 41. The van der Waals surface area contributed by atoms with Crippen molar-refractivity contribution in [1.29, 1.82) is 0 Å². The first-order valence-corrected chi connectivity index (χ1v) is 21.4. The van der Waals surface area contributed by atoms with E-state index in [2.05, 4.69) is 26.3 Å². The number of hydrogen-bond donors (Lipinski definition) is 7. The molecule has 372 valence electrons. The Kier molecular flexibility index (Phi) is 29.7. The molecular formula is C41H63FN6O18. The van der Waals surface area contributed by atoms with Crippen molar-refractivity contribution in [1.82, 2.24) is 30.9 Å². The molecule has 4 atom stereocenters. The van der Waals surface area contributed by atoms with Gasteiger partial charge in [0.25, 0.3) is 0 Å². The first-order valence-electron chi connectivity index (χ1n) is 21.4. The molecule has 0 bridgehead atoms. The van der Waals surface area contributed by atoms with Crippen LogP contribution in [-0.2, 0) is 79.9 Å². The quantitative estimate of drug-likeness (QED) is 0.0417. The molecule has 24 nitrogen and oxygen atoms in total. The number of Topliss-reactive ketones (excluding diaryl/α,β-unsaturated/α-hetero) is 3. The number of ketones is 3. The highest BCUT2D eigenvalue weighted by atomic mass is 19.1. The molecule has 25 heteroatoms. The minimum atomic E-state index is -1.60. The summed E-state index contributed by atoms with van der Waals surface area (Å²) in [5.41, 5.74) is 0.411. The molecule has 0 radical (unpaired) electrons. The maximum absolute atomic E-state index is 13.7. The van der Waals surface area contributed by atoms with E-state index in [0.717, 1.165) is 4.68 Å². The van der Waals surface area contributed by atoms with E-state index in [4.69, 9.17) is 24.1 Å². The maximum Gasteiger partial charge on any atom is 0.305 e. The first-order chi connectivity index (χ1) is 31.3.